The molecule has 2 rings (SSSR count). The van der Waals surface area contributed by atoms with Crippen LogP contribution in [-0.4, -0.2) is 18.6 Å². The molecule has 0 amide bonds. The molecule has 3 N–H and O–H groups in total. The predicted molar refractivity (Wildman–Crippen MR) is 37.1 cm³/mol. The maximum Gasteiger partial charge on any atom is 0.0130 e. The third-order valence-electron chi connectivity index (χ3n) is 3.26. The lowest BCUT2D eigenvalue weighted by atomic mass is 9.56. The summed E-state index contributed by atoms with van der Waals surface area (Å²) in [4.78, 5) is 0. The Morgan fingerprint density at radius 3 is 2.44 bits per heavy atom. The minimum absolute atomic E-state index is 0.494. The Hall–Kier alpha value is -0.0800. The van der Waals surface area contributed by atoms with Crippen LogP contribution >= 0.6 is 0 Å². The lowest BCUT2D eigenvalue weighted by Crippen LogP contribution is -2.73. The van der Waals surface area contributed by atoms with E-state index in [1.165, 1.54) is 12.8 Å². The molecule has 2 nitrogen and oxygen atoms in total. The summed E-state index contributed by atoms with van der Waals surface area (Å²) >= 11 is 0. The first-order valence-corrected chi connectivity index (χ1v) is 3.75. The minimum Gasteiger partial charge on any atom is -0.327 e. The van der Waals surface area contributed by atoms with Crippen LogP contribution in [0.25, 0.3) is 0 Å². The van der Waals surface area contributed by atoms with Gasteiger partial charge in [-0.05, 0) is 19.8 Å². The molecule has 0 aromatic heterocycles. The molecule has 3 atom stereocenters. The van der Waals surface area contributed by atoms with Crippen LogP contribution in [0.5, 0.6) is 0 Å². The van der Waals surface area contributed by atoms with Crippen molar-refractivity contribution >= 4 is 0 Å². The van der Waals surface area contributed by atoms with Gasteiger partial charge in [-0.3, -0.25) is 0 Å². The molecule has 3 unspecified atom stereocenters. The van der Waals surface area contributed by atoms with Crippen molar-refractivity contribution in [2.24, 2.45) is 11.1 Å². The molecule has 1 aliphatic carbocycles. The van der Waals surface area contributed by atoms with Crippen molar-refractivity contribution in [1.29, 1.82) is 0 Å². The zero-order valence-corrected chi connectivity index (χ0v) is 5.85. The van der Waals surface area contributed by atoms with Gasteiger partial charge < -0.3 is 11.1 Å². The van der Waals surface area contributed by atoms with Crippen molar-refractivity contribution in [2.75, 3.05) is 6.54 Å². The summed E-state index contributed by atoms with van der Waals surface area (Å²) in [5.74, 6) is 0. The van der Waals surface area contributed by atoms with Gasteiger partial charge in [-0.1, -0.05) is 0 Å². The van der Waals surface area contributed by atoms with Gasteiger partial charge in [-0.25, -0.2) is 0 Å². The first kappa shape index (κ1) is 5.69. The fourth-order valence-corrected chi connectivity index (χ4v) is 2.01. The molecule has 2 fully saturated rings. The summed E-state index contributed by atoms with van der Waals surface area (Å²) in [5.41, 5.74) is 6.40. The average molecular weight is 126 g/mol. The highest BCUT2D eigenvalue weighted by molar-refractivity contribution is 5.11. The molecule has 2 aliphatic rings. The largest absolute Gasteiger partial charge is 0.327 e. The molecule has 0 aromatic rings. The molecule has 1 saturated heterocycles. The molecule has 9 heavy (non-hydrogen) atoms. The highest BCUT2D eigenvalue weighted by atomic mass is 15.1. The van der Waals surface area contributed by atoms with E-state index in [0.29, 0.717) is 17.5 Å². The molecule has 1 saturated carbocycles. The quantitative estimate of drug-likeness (QED) is 0.482. The van der Waals surface area contributed by atoms with Crippen LogP contribution in [0.15, 0.2) is 0 Å². The Labute approximate surface area is 55.8 Å². The number of nitrogens with two attached hydrogens (primary N) is 1. The van der Waals surface area contributed by atoms with Crippen LogP contribution in [0.1, 0.15) is 19.8 Å². The Morgan fingerprint density at radius 1 is 1.67 bits per heavy atom. The van der Waals surface area contributed by atoms with Crippen LogP contribution in [-0.2, 0) is 0 Å². The second-order valence-corrected chi connectivity index (χ2v) is 3.48. The summed E-state index contributed by atoms with van der Waals surface area (Å²) in [6, 6.07) is 1.18. The Morgan fingerprint density at radius 2 is 2.44 bits per heavy atom. The number of nitrogens with one attached hydrogen (secondary N) is 1. The molecule has 1 aliphatic heterocycles. The summed E-state index contributed by atoms with van der Waals surface area (Å²) in [6.07, 6.45) is 2.59. The maximum absolute atomic E-state index is 5.87. The van der Waals surface area contributed by atoms with E-state index in [0.717, 1.165) is 6.54 Å². The normalized spacial score (nSPS) is 56.7. The summed E-state index contributed by atoms with van der Waals surface area (Å²) in [7, 11) is 0. The van der Waals surface area contributed by atoms with Crippen molar-refractivity contribution in [3.8, 4) is 0 Å². The van der Waals surface area contributed by atoms with E-state index in [2.05, 4.69) is 12.2 Å². The van der Waals surface area contributed by atoms with E-state index in [1.54, 1.807) is 0 Å². The molecule has 0 bridgehead atoms. The van der Waals surface area contributed by atoms with Crippen LogP contribution in [0, 0.1) is 5.41 Å². The van der Waals surface area contributed by atoms with Gasteiger partial charge in [0.05, 0.1) is 0 Å². The highest BCUT2D eigenvalue weighted by Crippen LogP contribution is 2.46. The molecular weight excluding hydrogens is 112 g/mol. The van der Waals surface area contributed by atoms with Gasteiger partial charge in [0.25, 0.3) is 0 Å². The topological polar surface area (TPSA) is 38.0 Å². The molecule has 2 heteroatoms. The lowest BCUT2D eigenvalue weighted by Gasteiger charge is -2.59. The van der Waals surface area contributed by atoms with Gasteiger partial charge in [-0.15, -0.1) is 0 Å². The number of hydrogen-bond acceptors (Lipinski definition) is 2. The van der Waals surface area contributed by atoms with Crippen LogP contribution in [0.2, 0.25) is 0 Å². The predicted octanol–water partition coefficient (Wildman–Crippen LogP) is 0.0856. The first-order valence-electron chi connectivity index (χ1n) is 3.75. The number of hydrogen-bond donors (Lipinski definition) is 2. The van der Waals surface area contributed by atoms with Crippen molar-refractivity contribution in [3.63, 3.8) is 0 Å². The summed E-state index contributed by atoms with van der Waals surface area (Å²) < 4.78 is 0. The van der Waals surface area contributed by atoms with Gasteiger partial charge in [0.15, 0.2) is 0 Å². The zero-order chi connectivity index (χ0) is 6.48. The number of rotatable bonds is 0. The van der Waals surface area contributed by atoms with Gasteiger partial charge in [-0.2, -0.15) is 0 Å². The lowest BCUT2D eigenvalue weighted by molar-refractivity contribution is -0.0199. The van der Waals surface area contributed by atoms with Crippen molar-refractivity contribution in [1.82, 2.24) is 5.32 Å². The third-order valence-corrected chi connectivity index (χ3v) is 3.26. The molecule has 1 heterocycles. The van der Waals surface area contributed by atoms with Crippen LogP contribution in [0.3, 0.4) is 0 Å². The highest BCUT2D eigenvalue weighted by Gasteiger charge is 2.53. The average Bonchev–Trinajstić information content (AvgIpc) is 1.82. The standard InChI is InChI=1S/C7H14N2/c1-5-7(4-9-5)3-2-6(7)8/h5-6,9H,2-4,8H2,1H3. The van der Waals surface area contributed by atoms with Crippen LogP contribution in [0.4, 0.5) is 0 Å². The fraction of sp³-hybridized carbons (Fsp3) is 1.00. The van der Waals surface area contributed by atoms with Crippen LogP contribution < -0.4 is 11.1 Å². The van der Waals surface area contributed by atoms with E-state index in [4.69, 9.17) is 5.73 Å². The van der Waals surface area contributed by atoms with Gasteiger partial charge in [0, 0.05) is 24.0 Å². The first-order chi connectivity index (χ1) is 4.26. The summed E-state index contributed by atoms with van der Waals surface area (Å²) in [6.45, 7) is 3.40. The smallest absolute Gasteiger partial charge is 0.0130 e. The van der Waals surface area contributed by atoms with Gasteiger partial charge in [0.1, 0.15) is 0 Å². The Balaban J connectivity index is 2.08. The summed E-state index contributed by atoms with van der Waals surface area (Å²) in [5, 5.41) is 3.35. The zero-order valence-electron chi connectivity index (χ0n) is 5.85. The van der Waals surface area contributed by atoms with Crippen molar-refractivity contribution in [3.05, 3.63) is 0 Å². The third kappa shape index (κ3) is 0.485. The monoisotopic (exact) mass is 126 g/mol. The van der Waals surface area contributed by atoms with E-state index in [-0.39, 0.29) is 0 Å². The fourth-order valence-electron chi connectivity index (χ4n) is 2.01. The van der Waals surface area contributed by atoms with Gasteiger partial charge >= 0.3 is 0 Å². The molecular formula is C7H14N2. The maximum atomic E-state index is 5.87. The molecule has 1 spiro atoms. The second-order valence-electron chi connectivity index (χ2n) is 3.48. The van der Waals surface area contributed by atoms with Crippen molar-refractivity contribution < 1.29 is 0 Å². The minimum atomic E-state index is 0.494. The van der Waals surface area contributed by atoms with Gasteiger partial charge in [0.2, 0.25) is 0 Å². The van der Waals surface area contributed by atoms with Crippen molar-refractivity contribution in [2.45, 2.75) is 31.8 Å². The van der Waals surface area contributed by atoms with E-state index in [9.17, 15) is 0 Å². The molecule has 52 valence electrons. The second kappa shape index (κ2) is 1.50. The Bertz CT molecular complexity index is 117. The van der Waals surface area contributed by atoms with E-state index < -0.39 is 0 Å². The SMILES string of the molecule is CC1NCC12CCC2N. The van der Waals surface area contributed by atoms with E-state index >= 15 is 0 Å². The molecule has 0 radical (unpaired) electrons. The molecule has 0 aromatic carbocycles. The Kier molecular flexibility index (Phi) is 0.945. The van der Waals surface area contributed by atoms with E-state index in [1.807, 2.05) is 0 Å².